The highest BCUT2D eigenvalue weighted by Gasteiger charge is 2.18. The van der Waals surface area contributed by atoms with Crippen LogP contribution in [0.1, 0.15) is 36.3 Å². The molecule has 0 aliphatic carbocycles. The number of carbonyl (C=O) groups is 1. The van der Waals surface area contributed by atoms with E-state index >= 15 is 0 Å². The molecule has 1 fully saturated rings. The molecule has 0 radical (unpaired) electrons. The number of benzene rings is 1. The Hall–Kier alpha value is -0.960. The Morgan fingerprint density at radius 2 is 2.12 bits per heavy atom. The summed E-state index contributed by atoms with van der Waals surface area (Å²) in [6, 6.07) is 8.09. The Labute approximate surface area is 100 Å². The Morgan fingerprint density at radius 3 is 2.62 bits per heavy atom. The normalized spacial score (nSPS) is 21.9. The molecule has 0 bridgehead atoms. The van der Waals surface area contributed by atoms with E-state index in [-0.39, 0.29) is 0 Å². The molecule has 2 atom stereocenters. The van der Waals surface area contributed by atoms with Crippen LogP contribution in [0.5, 0.6) is 0 Å². The van der Waals surface area contributed by atoms with Crippen LogP contribution in [-0.4, -0.2) is 22.6 Å². The lowest BCUT2D eigenvalue weighted by molar-refractivity contribution is -0.138. The molecule has 2 rings (SSSR count). The summed E-state index contributed by atoms with van der Waals surface area (Å²) in [6.45, 7) is 1.72. The molecule has 0 saturated carbocycles. The van der Waals surface area contributed by atoms with Gasteiger partial charge in [0, 0.05) is 5.75 Å². The maximum atomic E-state index is 10.8. The quantitative estimate of drug-likeness (QED) is 0.876. The summed E-state index contributed by atoms with van der Waals surface area (Å²) in [7, 11) is 0. The first-order valence-corrected chi connectivity index (χ1v) is 6.74. The number of carboxylic acid groups (broad SMARTS) is 1. The molecule has 1 aliphatic heterocycles. The monoisotopic (exact) mass is 236 g/mol. The van der Waals surface area contributed by atoms with Crippen LogP contribution in [0, 0.1) is 0 Å². The Kier molecular flexibility index (Phi) is 3.54. The maximum absolute atomic E-state index is 10.8. The van der Waals surface area contributed by atoms with Gasteiger partial charge in [-0.25, -0.2) is 0 Å². The fraction of sp³-hybridized carbons (Fsp3) is 0.462. The lowest BCUT2D eigenvalue weighted by Gasteiger charge is -2.11. The molecule has 1 aromatic rings. The van der Waals surface area contributed by atoms with Crippen LogP contribution >= 0.6 is 11.8 Å². The van der Waals surface area contributed by atoms with E-state index in [0.29, 0.717) is 5.92 Å². The van der Waals surface area contributed by atoms with Crippen LogP contribution in [0.15, 0.2) is 24.3 Å². The zero-order valence-electron chi connectivity index (χ0n) is 9.35. The van der Waals surface area contributed by atoms with E-state index < -0.39 is 11.9 Å². The van der Waals surface area contributed by atoms with Gasteiger partial charge < -0.3 is 5.11 Å². The molecule has 1 aliphatic rings. The van der Waals surface area contributed by atoms with E-state index in [0.717, 1.165) is 5.56 Å². The smallest absolute Gasteiger partial charge is 0.310 e. The molecule has 2 unspecified atom stereocenters. The molecule has 0 aromatic heterocycles. The van der Waals surface area contributed by atoms with Crippen molar-refractivity contribution in [2.24, 2.45) is 0 Å². The third-order valence-corrected chi connectivity index (χ3v) is 4.37. The number of aliphatic carboxylic acids is 1. The SMILES string of the molecule is CC(C(=O)O)c1ccc(C2CCSC2)cc1. The maximum Gasteiger partial charge on any atom is 0.310 e. The van der Waals surface area contributed by atoms with Gasteiger partial charge in [0.2, 0.25) is 0 Å². The van der Waals surface area contributed by atoms with Gasteiger partial charge in [-0.15, -0.1) is 0 Å². The van der Waals surface area contributed by atoms with Crippen molar-refractivity contribution in [3.63, 3.8) is 0 Å². The van der Waals surface area contributed by atoms with Crippen molar-refractivity contribution < 1.29 is 9.90 Å². The number of thioether (sulfide) groups is 1. The largest absolute Gasteiger partial charge is 0.481 e. The molecule has 1 aromatic carbocycles. The van der Waals surface area contributed by atoms with Gasteiger partial charge in [0.15, 0.2) is 0 Å². The lowest BCUT2D eigenvalue weighted by atomic mass is 9.94. The third kappa shape index (κ3) is 2.40. The van der Waals surface area contributed by atoms with Crippen molar-refractivity contribution in [3.8, 4) is 0 Å². The Morgan fingerprint density at radius 1 is 1.44 bits per heavy atom. The van der Waals surface area contributed by atoms with Crippen molar-refractivity contribution in [1.29, 1.82) is 0 Å². The Balaban J connectivity index is 2.12. The van der Waals surface area contributed by atoms with Crippen LogP contribution in [0.4, 0.5) is 0 Å². The molecule has 1 saturated heterocycles. The van der Waals surface area contributed by atoms with Crippen molar-refractivity contribution >= 4 is 17.7 Å². The number of hydrogen-bond acceptors (Lipinski definition) is 2. The molecule has 1 N–H and O–H groups in total. The van der Waals surface area contributed by atoms with Gasteiger partial charge in [-0.3, -0.25) is 4.79 Å². The van der Waals surface area contributed by atoms with Crippen LogP contribution in [0.3, 0.4) is 0 Å². The molecule has 0 spiro atoms. The van der Waals surface area contributed by atoms with Gasteiger partial charge in [-0.2, -0.15) is 11.8 Å². The molecule has 2 nitrogen and oxygen atoms in total. The van der Waals surface area contributed by atoms with E-state index in [4.69, 9.17) is 5.11 Å². The summed E-state index contributed by atoms with van der Waals surface area (Å²) in [5.74, 6) is 1.95. The molecule has 0 amide bonds. The third-order valence-electron chi connectivity index (χ3n) is 3.21. The van der Waals surface area contributed by atoms with E-state index in [1.54, 1.807) is 6.92 Å². The fourth-order valence-electron chi connectivity index (χ4n) is 2.00. The van der Waals surface area contributed by atoms with Gasteiger partial charge in [-0.05, 0) is 36.1 Å². The number of rotatable bonds is 3. The summed E-state index contributed by atoms with van der Waals surface area (Å²) in [6.07, 6.45) is 1.25. The Bertz CT molecular complexity index is 366. The summed E-state index contributed by atoms with van der Waals surface area (Å²) < 4.78 is 0. The van der Waals surface area contributed by atoms with Crippen LogP contribution in [0.2, 0.25) is 0 Å². The summed E-state index contributed by atoms with van der Waals surface area (Å²) in [5.41, 5.74) is 2.24. The minimum atomic E-state index is -0.760. The average molecular weight is 236 g/mol. The summed E-state index contributed by atoms with van der Waals surface area (Å²) >= 11 is 2.00. The predicted molar refractivity (Wildman–Crippen MR) is 67.2 cm³/mol. The highest BCUT2D eigenvalue weighted by Crippen LogP contribution is 2.32. The van der Waals surface area contributed by atoms with Crippen molar-refractivity contribution in [2.45, 2.75) is 25.2 Å². The van der Waals surface area contributed by atoms with Crippen LogP contribution in [0.25, 0.3) is 0 Å². The molecular weight excluding hydrogens is 220 g/mol. The van der Waals surface area contributed by atoms with Gasteiger partial charge >= 0.3 is 5.97 Å². The fourth-order valence-corrected chi connectivity index (χ4v) is 3.26. The zero-order chi connectivity index (χ0) is 11.5. The van der Waals surface area contributed by atoms with Crippen LogP contribution < -0.4 is 0 Å². The molecule has 3 heteroatoms. The van der Waals surface area contributed by atoms with Gasteiger partial charge in [-0.1, -0.05) is 24.3 Å². The van der Waals surface area contributed by atoms with Crippen molar-refractivity contribution in [3.05, 3.63) is 35.4 Å². The molecule has 16 heavy (non-hydrogen) atoms. The van der Waals surface area contributed by atoms with Gasteiger partial charge in [0.1, 0.15) is 0 Å². The second-order valence-corrected chi connectivity index (χ2v) is 5.44. The van der Waals surface area contributed by atoms with Gasteiger partial charge in [0.05, 0.1) is 5.92 Å². The first-order chi connectivity index (χ1) is 7.68. The zero-order valence-corrected chi connectivity index (χ0v) is 10.2. The standard InChI is InChI=1S/C13H16O2S/c1-9(13(14)15)10-2-4-11(5-3-10)12-6-7-16-8-12/h2-5,9,12H,6-8H2,1H3,(H,14,15). The summed E-state index contributed by atoms with van der Waals surface area (Å²) in [4.78, 5) is 10.8. The molecule has 1 heterocycles. The summed E-state index contributed by atoms with van der Waals surface area (Å²) in [5, 5.41) is 8.91. The first-order valence-electron chi connectivity index (χ1n) is 5.59. The van der Waals surface area contributed by atoms with E-state index in [1.807, 2.05) is 23.9 Å². The van der Waals surface area contributed by atoms with E-state index in [2.05, 4.69) is 12.1 Å². The van der Waals surface area contributed by atoms with Crippen LogP contribution in [-0.2, 0) is 4.79 Å². The highest BCUT2D eigenvalue weighted by atomic mass is 32.2. The predicted octanol–water partition coefficient (Wildman–Crippen LogP) is 3.10. The number of hydrogen-bond donors (Lipinski definition) is 1. The number of carboxylic acids is 1. The second-order valence-electron chi connectivity index (χ2n) is 4.29. The van der Waals surface area contributed by atoms with Crippen molar-refractivity contribution in [2.75, 3.05) is 11.5 Å². The van der Waals surface area contributed by atoms with Gasteiger partial charge in [0.25, 0.3) is 0 Å². The minimum Gasteiger partial charge on any atom is -0.481 e. The molecular formula is C13H16O2S. The van der Waals surface area contributed by atoms with E-state index in [9.17, 15) is 4.79 Å². The highest BCUT2D eigenvalue weighted by molar-refractivity contribution is 7.99. The second kappa shape index (κ2) is 4.91. The molecule has 86 valence electrons. The minimum absolute atomic E-state index is 0.410. The first kappa shape index (κ1) is 11.5. The average Bonchev–Trinajstić information content (AvgIpc) is 2.81. The topological polar surface area (TPSA) is 37.3 Å². The van der Waals surface area contributed by atoms with E-state index in [1.165, 1.54) is 23.5 Å². The lowest BCUT2D eigenvalue weighted by Crippen LogP contribution is -2.07. The van der Waals surface area contributed by atoms with Crippen molar-refractivity contribution in [1.82, 2.24) is 0 Å².